The maximum atomic E-state index is 12.7. The van der Waals surface area contributed by atoms with Crippen molar-refractivity contribution in [3.8, 4) is 10.7 Å². The van der Waals surface area contributed by atoms with Gasteiger partial charge < -0.3 is 9.42 Å². The Kier molecular flexibility index (Phi) is 6.44. The molecule has 152 valence electrons. The van der Waals surface area contributed by atoms with Gasteiger partial charge in [-0.25, -0.2) is 4.98 Å². The number of carbonyl (C=O) groups excluding carboxylic acids is 1. The van der Waals surface area contributed by atoms with Crippen LogP contribution in [0.15, 0.2) is 34.2 Å². The van der Waals surface area contributed by atoms with E-state index in [-0.39, 0.29) is 16.8 Å². The van der Waals surface area contributed by atoms with E-state index in [1.807, 2.05) is 17.5 Å². The van der Waals surface area contributed by atoms with E-state index in [1.54, 1.807) is 28.4 Å². The van der Waals surface area contributed by atoms with Crippen molar-refractivity contribution in [1.82, 2.24) is 24.9 Å². The Morgan fingerprint density at radius 3 is 2.72 bits per heavy atom. The van der Waals surface area contributed by atoms with Crippen LogP contribution in [0.5, 0.6) is 0 Å². The average molecular weight is 452 g/mol. The molecule has 0 aliphatic carbocycles. The van der Waals surface area contributed by atoms with Crippen molar-refractivity contribution < 1.29 is 9.32 Å². The van der Waals surface area contributed by atoms with Crippen LogP contribution in [0.25, 0.3) is 10.7 Å². The SMILES string of the molecule is O=C(c1nc(Cl)ccc1Cl)N1CCN(CCCc2nc(-c3cccs3)no2)CC1. The molecule has 0 aromatic carbocycles. The minimum atomic E-state index is -0.177. The molecule has 1 saturated heterocycles. The Morgan fingerprint density at radius 1 is 1.14 bits per heavy atom. The highest BCUT2D eigenvalue weighted by molar-refractivity contribution is 7.13. The number of pyridine rings is 1. The molecule has 3 aromatic rings. The molecular formula is C19H19Cl2N5O2S. The number of piperazine rings is 1. The van der Waals surface area contributed by atoms with Crippen LogP contribution in [0.2, 0.25) is 10.2 Å². The van der Waals surface area contributed by atoms with Crippen molar-refractivity contribution in [2.45, 2.75) is 12.8 Å². The first-order valence-electron chi connectivity index (χ1n) is 9.30. The number of hydrogen-bond acceptors (Lipinski definition) is 7. The molecule has 1 aliphatic heterocycles. The highest BCUT2D eigenvalue weighted by atomic mass is 35.5. The van der Waals surface area contributed by atoms with E-state index >= 15 is 0 Å². The van der Waals surface area contributed by atoms with Crippen LogP contribution >= 0.6 is 34.5 Å². The first-order valence-corrected chi connectivity index (χ1v) is 10.9. The van der Waals surface area contributed by atoms with E-state index in [0.29, 0.717) is 29.8 Å². The number of halogens is 2. The van der Waals surface area contributed by atoms with Gasteiger partial charge in [0, 0.05) is 32.6 Å². The second kappa shape index (κ2) is 9.21. The van der Waals surface area contributed by atoms with Gasteiger partial charge in [0.05, 0.1) is 9.90 Å². The van der Waals surface area contributed by atoms with E-state index in [2.05, 4.69) is 20.0 Å². The summed E-state index contributed by atoms with van der Waals surface area (Å²) in [7, 11) is 0. The fourth-order valence-electron chi connectivity index (χ4n) is 3.21. The van der Waals surface area contributed by atoms with E-state index in [0.717, 1.165) is 37.4 Å². The smallest absolute Gasteiger partial charge is 0.274 e. The summed E-state index contributed by atoms with van der Waals surface area (Å²) < 4.78 is 5.34. The zero-order chi connectivity index (χ0) is 20.2. The lowest BCUT2D eigenvalue weighted by atomic mass is 10.2. The normalized spacial score (nSPS) is 15.0. The van der Waals surface area contributed by atoms with Crippen LogP contribution in [0, 0.1) is 0 Å². The van der Waals surface area contributed by atoms with Crippen LogP contribution in [0.4, 0.5) is 0 Å². The molecule has 7 nitrogen and oxygen atoms in total. The molecule has 0 N–H and O–H groups in total. The van der Waals surface area contributed by atoms with Gasteiger partial charge >= 0.3 is 0 Å². The van der Waals surface area contributed by atoms with Gasteiger partial charge in [0.15, 0.2) is 0 Å². The maximum absolute atomic E-state index is 12.7. The van der Waals surface area contributed by atoms with Gasteiger partial charge in [-0.3, -0.25) is 9.69 Å². The summed E-state index contributed by atoms with van der Waals surface area (Å²) in [4.78, 5) is 26.3. The van der Waals surface area contributed by atoms with Gasteiger partial charge in [-0.2, -0.15) is 4.98 Å². The molecule has 0 unspecified atom stereocenters. The first-order chi connectivity index (χ1) is 14.1. The Labute approximate surface area is 182 Å². The highest BCUT2D eigenvalue weighted by Gasteiger charge is 2.24. The molecule has 0 radical (unpaired) electrons. The van der Waals surface area contributed by atoms with Crippen LogP contribution in [-0.2, 0) is 6.42 Å². The second-order valence-corrected chi connectivity index (χ2v) is 8.43. The maximum Gasteiger partial charge on any atom is 0.274 e. The summed E-state index contributed by atoms with van der Waals surface area (Å²) in [5.74, 6) is 1.13. The third-order valence-corrected chi connectivity index (χ3v) is 6.13. The van der Waals surface area contributed by atoms with Gasteiger partial charge in [0.1, 0.15) is 10.8 Å². The lowest BCUT2D eigenvalue weighted by Gasteiger charge is -2.34. The predicted octanol–water partition coefficient (Wildman–Crippen LogP) is 3.89. The summed E-state index contributed by atoms with van der Waals surface area (Å²) in [6.45, 7) is 3.77. The third kappa shape index (κ3) is 4.95. The molecule has 10 heteroatoms. The molecule has 0 bridgehead atoms. The number of nitrogens with zero attached hydrogens (tertiary/aromatic N) is 5. The Bertz CT molecular complexity index is 971. The van der Waals surface area contributed by atoms with Gasteiger partial charge in [0.2, 0.25) is 11.7 Å². The fourth-order valence-corrected chi connectivity index (χ4v) is 4.19. The minimum Gasteiger partial charge on any atom is -0.339 e. The number of rotatable bonds is 6. The van der Waals surface area contributed by atoms with E-state index in [9.17, 15) is 4.79 Å². The Balaban J connectivity index is 1.23. The summed E-state index contributed by atoms with van der Waals surface area (Å²) in [6.07, 6.45) is 1.65. The molecule has 0 saturated carbocycles. The summed E-state index contributed by atoms with van der Waals surface area (Å²) in [5.41, 5.74) is 0.213. The number of amides is 1. The lowest BCUT2D eigenvalue weighted by molar-refractivity contribution is 0.0630. The van der Waals surface area contributed by atoms with Crippen LogP contribution < -0.4 is 0 Å². The summed E-state index contributed by atoms with van der Waals surface area (Å²) >= 11 is 13.6. The van der Waals surface area contributed by atoms with E-state index in [4.69, 9.17) is 27.7 Å². The molecule has 1 fully saturated rings. The first kappa shape index (κ1) is 20.3. The number of aromatic nitrogens is 3. The molecular weight excluding hydrogens is 433 g/mol. The molecule has 0 atom stereocenters. The number of hydrogen-bond donors (Lipinski definition) is 0. The van der Waals surface area contributed by atoms with Crippen molar-refractivity contribution in [2.24, 2.45) is 0 Å². The highest BCUT2D eigenvalue weighted by Crippen LogP contribution is 2.22. The van der Waals surface area contributed by atoms with Crippen LogP contribution in [0.3, 0.4) is 0 Å². The van der Waals surface area contributed by atoms with Gasteiger partial charge in [0.25, 0.3) is 5.91 Å². The van der Waals surface area contributed by atoms with E-state index < -0.39 is 0 Å². The molecule has 4 heterocycles. The lowest BCUT2D eigenvalue weighted by Crippen LogP contribution is -2.49. The van der Waals surface area contributed by atoms with Gasteiger partial charge in [-0.1, -0.05) is 34.4 Å². The number of aryl methyl sites for hydroxylation is 1. The monoisotopic (exact) mass is 451 g/mol. The van der Waals surface area contributed by atoms with Crippen molar-refractivity contribution in [1.29, 1.82) is 0 Å². The standard InChI is InChI=1S/C19H19Cl2N5O2S/c20-13-5-6-15(21)22-17(13)19(27)26-10-8-25(9-11-26)7-1-4-16-23-18(24-28-16)14-3-2-12-29-14/h2-3,5-6,12H,1,4,7-11H2. The largest absolute Gasteiger partial charge is 0.339 e. The predicted molar refractivity (Wildman–Crippen MR) is 113 cm³/mol. The average Bonchev–Trinajstić information content (AvgIpc) is 3.42. The van der Waals surface area contributed by atoms with Crippen molar-refractivity contribution in [3.05, 3.63) is 51.4 Å². The number of thiophene rings is 1. The molecule has 3 aromatic heterocycles. The van der Waals surface area contributed by atoms with Crippen molar-refractivity contribution >= 4 is 40.4 Å². The van der Waals surface area contributed by atoms with Crippen LogP contribution in [0.1, 0.15) is 22.8 Å². The molecule has 1 amide bonds. The zero-order valence-electron chi connectivity index (χ0n) is 15.6. The topological polar surface area (TPSA) is 75.4 Å². The summed E-state index contributed by atoms with van der Waals surface area (Å²) in [6, 6.07) is 7.12. The fraction of sp³-hybridized carbons (Fsp3) is 0.368. The van der Waals surface area contributed by atoms with Gasteiger partial charge in [-0.15, -0.1) is 11.3 Å². The van der Waals surface area contributed by atoms with Gasteiger partial charge in [-0.05, 0) is 36.5 Å². The van der Waals surface area contributed by atoms with E-state index in [1.165, 1.54) is 0 Å². The van der Waals surface area contributed by atoms with Crippen molar-refractivity contribution in [3.63, 3.8) is 0 Å². The Hall–Kier alpha value is -2.00. The second-order valence-electron chi connectivity index (χ2n) is 6.69. The molecule has 29 heavy (non-hydrogen) atoms. The summed E-state index contributed by atoms with van der Waals surface area (Å²) in [5, 5.41) is 6.61. The molecule has 0 spiro atoms. The quantitative estimate of drug-likeness (QED) is 0.529. The Morgan fingerprint density at radius 2 is 1.97 bits per heavy atom. The number of carbonyl (C=O) groups is 1. The molecule has 4 rings (SSSR count). The zero-order valence-corrected chi connectivity index (χ0v) is 17.9. The molecule has 1 aliphatic rings. The van der Waals surface area contributed by atoms with Crippen LogP contribution in [-0.4, -0.2) is 63.6 Å². The minimum absolute atomic E-state index is 0.177. The third-order valence-electron chi connectivity index (χ3n) is 4.75. The van der Waals surface area contributed by atoms with Crippen molar-refractivity contribution in [2.75, 3.05) is 32.7 Å².